The Morgan fingerprint density at radius 2 is 1.72 bits per heavy atom. The predicted molar refractivity (Wildman–Crippen MR) is 101 cm³/mol. The number of benzene rings is 2. The van der Waals surface area contributed by atoms with Crippen LogP contribution in [0.2, 0.25) is 10.0 Å². The largest absolute Gasteiger partial charge is 0.387 e. The molecule has 2 N–H and O–H groups in total. The van der Waals surface area contributed by atoms with Gasteiger partial charge in [0.2, 0.25) is 10.0 Å². The first-order chi connectivity index (χ1) is 11.7. The Morgan fingerprint density at radius 1 is 1.08 bits per heavy atom. The molecular formula is C18H21Cl2NO3S. The minimum absolute atomic E-state index is 0.0663. The summed E-state index contributed by atoms with van der Waals surface area (Å²) in [5.74, 6) is -0.0837. The van der Waals surface area contributed by atoms with Gasteiger partial charge in [0.05, 0.1) is 17.0 Å². The molecule has 25 heavy (non-hydrogen) atoms. The van der Waals surface area contributed by atoms with Gasteiger partial charge in [0.25, 0.3) is 0 Å². The van der Waals surface area contributed by atoms with E-state index in [1.54, 1.807) is 36.4 Å². The number of hydrogen-bond donors (Lipinski definition) is 2. The highest BCUT2D eigenvalue weighted by atomic mass is 35.5. The average molecular weight is 402 g/mol. The highest BCUT2D eigenvalue weighted by Crippen LogP contribution is 2.27. The Morgan fingerprint density at radius 3 is 2.28 bits per heavy atom. The third kappa shape index (κ3) is 5.19. The fourth-order valence-corrected chi connectivity index (χ4v) is 4.27. The first-order valence-corrected chi connectivity index (χ1v) is 10.2. The van der Waals surface area contributed by atoms with E-state index in [0.717, 1.165) is 0 Å². The quantitative estimate of drug-likeness (QED) is 0.721. The van der Waals surface area contributed by atoms with Crippen LogP contribution < -0.4 is 4.72 Å². The molecule has 0 aromatic heterocycles. The topological polar surface area (TPSA) is 66.4 Å². The molecule has 4 nitrogen and oxygen atoms in total. The van der Waals surface area contributed by atoms with Crippen LogP contribution in [0.25, 0.3) is 0 Å². The van der Waals surface area contributed by atoms with Gasteiger partial charge in [0.15, 0.2) is 0 Å². The molecule has 2 aromatic carbocycles. The van der Waals surface area contributed by atoms with Gasteiger partial charge in [0.1, 0.15) is 0 Å². The number of rotatable bonds is 7. The van der Waals surface area contributed by atoms with Crippen molar-refractivity contribution in [3.63, 3.8) is 0 Å². The molecule has 136 valence electrons. The maximum atomic E-state index is 12.7. The van der Waals surface area contributed by atoms with E-state index >= 15 is 0 Å². The summed E-state index contributed by atoms with van der Waals surface area (Å²) < 4.78 is 28.0. The van der Waals surface area contributed by atoms with Crippen molar-refractivity contribution < 1.29 is 13.5 Å². The van der Waals surface area contributed by atoms with Crippen molar-refractivity contribution in [2.24, 2.45) is 5.92 Å². The molecule has 7 heteroatoms. The monoisotopic (exact) mass is 401 g/mol. The Kier molecular flexibility index (Phi) is 6.88. The van der Waals surface area contributed by atoms with E-state index in [1.807, 2.05) is 13.8 Å². The second-order valence-corrected chi connectivity index (χ2v) is 8.57. The summed E-state index contributed by atoms with van der Waals surface area (Å²) in [6, 6.07) is 12.1. The van der Waals surface area contributed by atoms with E-state index in [1.165, 1.54) is 12.1 Å². The van der Waals surface area contributed by atoms with Crippen LogP contribution in [0.3, 0.4) is 0 Å². The number of hydrogen-bond acceptors (Lipinski definition) is 3. The van der Waals surface area contributed by atoms with E-state index in [-0.39, 0.29) is 10.8 Å². The normalized spacial score (nSPS) is 15.6. The van der Waals surface area contributed by atoms with Crippen molar-refractivity contribution in [1.29, 1.82) is 0 Å². The van der Waals surface area contributed by atoms with Crippen LogP contribution in [0.15, 0.2) is 53.4 Å². The third-order valence-corrected chi connectivity index (χ3v) is 6.15. The van der Waals surface area contributed by atoms with Gasteiger partial charge in [-0.2, -0.15) is 0 Å². The van der Waals surface area contributed by atoms with E-state index in [4.69, 9.17) is 23.2 Å². The Labute approximate surface area is 158 Å². The van der Waals surface area contributed by atoms with Crippen LogP contribution in [0.4, 0.5) is 0 Å². The molecule has 0 saturated heterocycles. The van der Waals surface area contributed by atoms with Gasteiger partial charge in [-0.05, 0) is 41.8 Å². The highest BCUT2D eigenvalue weighted by Gasteiger charge is 2.30. The zero-order valence-corrected chi connectivity index (χ0v) is 16.3. The van der Waals surface area contributed by atoms with E-state index < -0.39 is 22.2 Å². The van der Waals surface area contributed by atoms with Crippen molar-refractivity contribution in [2.75, 3.05) is 0 Å². The predicted octanol–water partition coefficient (Wildman–Crippen LogP) is 4.42. The van der Waals surface area contributed by atoms with Crippen molar-refractivity contribution in [3.05, 3.63) is 64.1 Å². The van der Waals surface area contributed by atoms with Gasteiger partial charge >= 0.3 is 0 Å². The van der Waals surface area contributed by atoms with Gasteiger partial charge in [-0.25, -0.2) is 13.1 Å². The zero-order valence-electron chi connectivity index (χ0n) is 14.0. The fraction of sp³-hybridized carbons (Fsp3) is 0.333. The lowest BCUT2D eigenvalue weighted by Gasteiger charge is -2.29. The van der Waals surface area contributed by atoms with Crippen LogP contribution in [0.1, 0.15) is 31.9 Å². The summed E-state index contributed by atoms with van der Waals surface area (Å²) in [6.45, 7) is 3.84. The molecule has 0 fully saturated rings. The first-order valence-electron chi connectivity index (χ1n) is 7.96. The Balaban J connectivity index is 2.33. The number of aliphatic hydroxyl groups excluding tert-OH is 1. The van der Waals surface area contributed by atoms with Crippen LogP contribution in [-0.2, 0) is 10.0 Å². The second-order valence-electron chi connectivity index (χ2n) is 5.99. The molecule has 0 aliphatic rings. The number of sulfonamides is 1. The van der Waals surface area contributed by atoms with Gasteiger partial charge in [-0.15, -0.1) is 0 Å². The summed E-state index contributed by atoms with van der Waals surface area (Å²) in [5, 5.41) is 11.6. The maximum Gasteiger partial charge on any atom is 0.240 e. The lowest BCUT2D eigenvalue weighted by Crippen LogP contribution is -2.43. The molecule has 3 atom stereocenters. The smallest absolute Gasteiger partial charge is 0.240 e. The SMILES string of the molecule is CCC(C)C(NS(=O)(=O)c1cccc(Cl)c1)C(O)c1ccc(Cl)cc1. The minimum Gasteiger partial charge on any atom is -0.387 e. The van der Waals surface area contributed by atoms with Gasteiger partial charge < -0.3 is 5.11 Å². The van der Waals surface area contributed by atoms with Gasteiger partial charge in [-0.1, -0.05) is 61.7 Å². The molecular weight excluding hydrogens is 381 g/mol. The lowest BCUT2D eigenvalue weighted by molar-refractivity contribution is 0.112. The van der Waals surface area contributed by atoms with E-state index in [9.17, 15) is 13.5 Å². The summed E-state index contributed by atoms with van der Waals surface area (Å²) in [5.41, 5.74) is 0.600. The summed E-state index contributed by atoms with van der Waals surface area (Å²) in [6.07, 6.45) is -0.297. The summed E-state index contributed by atoms with van der Waals surface area (Å²) in [7, 11) is -3.82. The lowest BCUT2D eigenvalue weighted by atomic mass is 9.91. The molecule has 0 bridgehead atoms. The van der Waals surface area contributed by atoms with Crippen LogP contribution in [0.5, 0.6) is 0 Å². The molecule has 0 heterocycles. The molecule has 0 amide bonds. The van der Waals surface area contributed by atoms with Crippen molar-refractivity contribution in [2.45, 2.75) is 37.3 Å². The van der Waals surface area contributed by atoms with Crippen molar-refractivity contribution in [1.82, 2.24) is 4.72 Å². The molecule has 2 rings (SSSR count). The minimum atomic E-state index is -3.82. The standard InChI is InChI=1S/C18H21Cl2NO3S/c1-3-12(2)17(18(22)13-7-9-14(19)10-8-13)21-25(23,24)16-6-4-5-15(20)11-16/h4-12,17-18,21-22H,3H2,1-2H3. The molecule has 0 saturated carbocycles. The molecule has 2 aromatic rings. The first kappa shape index (κ1) is 20.2. The number of nitrogens with one attached hydrogen (secondary N) is 1. The van der Waals surface area contributed by atoms with Crippen molar-refractivity contribution >= 4 is 33.2 Å². The zero-order chi connectivity index (χ0) is 18.6. The highest BCUT2D eigenvalue weighted by molar-refractivity contribution is 7.89. The molecule has 0 aliphatic heterocycles. The molecule has 0 spiro atoms. The Bertz CT molecular complexity index is 809. The second kappa shape index (κ2) is 8.52. The molecule has 3 unspecified atom stereocenters. The van der Waals surface area contributed by atoms with Gasteiger partial charge in [0, 0.05) is 10.0 Å². The van der Waals surface area contributed by atoms with Gasteiger partial charge in [-0.3, -0.25) is 0 Å². The maximum absolute atomic E-state index is 12.7. The molecule has 0 aliphatic carbocycles. The molecule has 0 radical (unpaired) electrons. The Hall–Kier alpha value is -1.11. The van der Waals surface area contributed by atoms with Crippen molar-refractivity contribution in [3.8, 4) is 0 Å². The van der Waals surface area contributed by atoms with Crippen LogP contribution >= 0.6 is 23.2 Å². The third-order valence-electron chi connectivity index (χ3n) is 4.21. The summed E-state index contributed by atoms with van der Waals surface area (Å²) in [4.78, 5) is 0.0663. The van der Waals surface area contributed by atoms with E-state index in [2.05, 4.69) is 4.72 Å². The average Bonchev–Trinajstić information content (AvgIpc) is 2.59. The number of aliphatic hydroxyl groups is 1. The van der Waals surface area contributed by atoms with Crippen LogP contribution in [0, 0.1) is 5.92 Å². The number of halogens is 2. The summed E-state index contributed by atoms with van der Waals surface area (Å²) >= 11 is 11.8. The van der Waals surface area contributed by atoms with E-state index in [0.29, 0.717) is 22.0 Å². The fourth-order valence-electron chi connectivity index (χ4n) is 2.49. The van der Waals surface area contributed by atoms with Crippen LogP contribution in [-0.4, -0.2) is 19.6 Å².